The summed E-state index contributed by atoms with van der Waals surface area (Å²) >= 11 is 12.1. The third-order valence-corrected chi connectivity index (χ3v) is 6.14. The Hall–Kier alpha value is -3.41. The van der Waals surface area contributed by atoms with Gasteiger partial charge < -0.3 is 19.2 Å². The van der Waals surface area contributed by atoms with Crippen LogP contribution in [-0.2, 0) is 4.79 Å². The van der Waals surface area contributed by atoms with Crippen molar-refractivity contribution < 1.29 is 18.7 Å². The average Bonchev–Trinajstić information content (AvgIpc) is 3.25. The molecule has 0 saturated heterocycles. The summed E-state index contributed by atoms with van der Waals surface area (Å²) in [6.07, 6.45) is 3.24. The molecule has 0 aliphatic heterocycles. The monoisotopic (exact) mass is 495 g/mol. The molecule has 7 heteroatoms. The van der Waals surface area contributed by atoms with E-state index in [-0.39, 0.29) is 5.91 Å². The number of ether oxygens (including phenoxy) is 2. The van der Waals surface area contributed by atoms with E-state index in [1.807, 2.05) is 44.2 Å². The second-order valence-corrected chi connectivity index (χ2v) is 8.62. The minimum atomic E-state index is -0.318. The Labute approximate surface area is 207 Å². The molecule has 0 aliphatic carbocycles. The van der Waals surface area contributed by atoms with E-state index in [2.05, 4.69) is 5.32 Å². The van der Waals surface area contributed by atoms with Crippen LogP contribution in [0.3, 0.4) is 0 Å². The average molecular weight is 496 g/mol. The van der Waals surface area contributed by atoms with Crippen molar-refractivity contribution in [2.24, 2.45) is 0 Å². The van der Waals surface area contributed by atoms with Crippen molar-refractivity contribution in [1.29, 1.82) is 0 Å². The lowest BCUT2D eigenvalue weighted by Crippen LogP contribution is -2.09. The van der Waals surface area contributed by atoms with Gasteiger partial charge in [-0.25, -0.2) is 0 Å². The predicted molar refractivity (Wildman–Crippen MR) is 138 cm³/mol. The van der Waals surface area contributed by atoms with Crippen LogP contribution in [0.2, 0.25) is 10.0 Å². The van der Waals surface area contributed by atoms with Gasteiger partial charge in [0.25, 0.3) is 0 Å². The number of carbonyl (C=O) groups excluding carboxylic acids is 1. The van der Waals surface area contributed by atoms with Crippen molar-refractivity contribution in [3.63, 3.8) is 0 Å². The lowest BCUT2D eigenvalue weighted by Gasteiger charge is -2.13. The number of furan rings is 1. The van der Waals surface area contributed by atoms with Gasteiger partial charge in [0, 0.05) is 33.2 Å². The van der Waals surface area contributed by atoms with Gasteiger partial charge in [-0.1, -0.05) is 35.3 Å². The Bertz CT molecular complexity index is 1420. The second-order valence-electron chi connectivity index (χ2n) is 7.78. The molecule has 0 saturated carbocycles. The van der Waals surface area contributed by atoms with E-state index in [4.69, 9.17) is 37.1 Å². The third kappa shape index (κ3) is 4.63. The summed E-state index contributed by atoms with van der Waals surface area (Å²) in [5.74, 6) is 1.08. The number of fused-ring (bicyclic) bond motifs is 1. The van der Waals surface area contributed by atoms with Gasteiger partial charge in [0.15, 0.2) is 0 Å². The molecule has 1 heterocycles. The number of hydrogen-bond acceptors (Lipinski definition) is 4. The van der Waals surface area contributed by atoms with Crippen LogP contribution in [-0.4, -0.2) is 20.1 Å². The lowest BCUT2D eigenvalue weighted by molar-refractivity contribution is -0.111. The van der Waals surface area contributed by atoms with E-state index in [0.717, 1.165) is 44.5 Å². The zero-order valence-electron chi connectivity index (χ0n) is 19.2. The number of hydrogen-bond donors (Lipinski definition) is 1. The SMILES string of the molecule is COc1cccc(-c2coc3c(C)c(OC)c(/C(C)=C/C(=O)Nc4ccc(Cl)cc4Cl)cc23)c1. The van der Waals surface area contributed by atoms with Crippen molar-refractivity contribution in [2.45, 2.75) is 13.8 Å². The van der Waals surface area contributed by atoms with Gasteiger partial charge in [0.05, 0.1) is 31.2 Å². The maximum atomic E-state index is 12.7. The largest absolute Gasteiger partial charge is 0.497 e. The Kier molecular flexibility index (Phi) is 6.87. The molecule has 0 fully saturated rings. The molecule has 1 N–H and O–H groups in total. The molecule has 174 valence electrons. The van der Waals surface area contributed by atoms with Gasteiger partial charge in [-0.3, -0.25) is 4.79 Å². The second kappa shape index (κ2) is 9.84. The first kappa shape index (κ1) is 23.7. The number of methoxy groups -OCH3 is 2. The van der Waals surface area contributed by atoms with Gasteiger partial charge in [-0.05, 0) is 61.4 Å². The van der Waals surface area contributed by atoms with E-state index in [1.165, 1.54) is 6.08 Å². The van der Waals surface area contributed by atoms with Crippen LogP contribution in [0.1, 0.15) is 18.1 Å². The number of nitrogens with one attached hydrogen (secondary N) is 1. The molecule has 4 rings (SSSR count). The zero-order chi connectivity index (χ0) is 24.4. The van der Waals surface area contributed by atoms with Gasteiger partial charge in [0.1, 0.15) is 17.1 Å². The minimum Gasteiger partial charge on any atom is -0.497 e. The smallest absolute Gasteiger partial charge is 0.248 e. The Morgan fingerprint density at radius 3 is 2.56 bits per heavy atom. The highest BCUT2D eigenvalue weighted by molar-refractivity contribution is 6.36. The fraction of sp³-hybridized carbons (Fsp3) is 0.148. The highest BCUT2D eigenvalue weighted by Gasteiger charge is 2.19. The molecule has 0 aliphatic rings. The maximum absolute atomic E-state index is 12.7. The number of benzene rings is 3. The number of allylic oxidation sites excluding steroid dienone is 1. The molecule has 1 aromatic heterocycles. The first-order chi connectivity index (χ1) is 16.3. The van der Waals surface area contributed by atoms with Gasteiger partial charge >= 0.3 is 0 Å². The molecule has 1 amide bonds. The normalized spacial score (nSPS) is 11.5. The van der Waals surface area contributed by atoms with Crippen molar-refractivity contribution in [1.82, 2.24) is 0 Å². The molecular weight excluding hydrogens is 473 g/mol. The van der Waals surface area contributed by atoms with Crippen molar-refractivity contribution in [2.75, 3.05) is 19.5 Å². The molecule has 34 heavy (non-hydrogen) atoms. The standard InChI is InChI=1S/C27H23Cl2NO4/c1-15(10-25(31)30-24-9-8-18(28)12-23(24)29)20-13-21-22(17-6-5-7-19(11-17)32-3)14-34-27(21)16(2)26(20)33-4/h5-14H,1-4H3,(H,30,31)/b15-10+. The predicted octanol–water partition coefficient (Wildman–Crippen LogP) is 7.77. The Balaban J connectivity index is 1.76. The Morgan fingerprint density at radius 2 is 1.85 bits per heavy atom. The highest BCUT2D eigenvalue weighted by atomic mass is 35.5. The fourth-order valence-corrected chi connectivity index (χ4v) is 4.38. The van der Waals surface area contributed by atoms with Crippen LogP contribution in [0.5, 0.6) is 11.5 Å². The van der Waals surface area contributed by atoms with Crippen LogP contribution in [0.15, 0.2) is 65.3 Å². The minimum absolute atomic E-state index is 0.318. The summed E-state index contributed by atoms with van der Waals surface area (Å²) in [5.41, 5.74) is 5.45. The summed E-state index contributed by atoms with van der Waals surface area (Å²) < 4.78 is 17.0. The van der Waals surface area contributed by atoms with Gasteiger partial charge in [0.2, 0.25) is 5.91 Å². The summed E-state index contributed by atoms with van der Waals surface area (Å²) in [7, 11) is 3.24. The van der Waals surface area contributed by atoms with E-state index >= 15 is 0 Å². The Morgan fingerprint density at radius 1 is 1.06 bits per heavy atom. The fourth-order valence-electron chi connectivity index (χ4n) is 3.92. The van der Waals surface area contributed by atoms with Crippen LogP contribution >= 0.6 is 23.2 Å². The highest BCUT2D eigenvalue weighted by Crippen LogP contribution is 2.41. The molecular formula is C27H23Cl2NO4. The van der Waals surface area contributed by atoms with E-state index < -0.39 is 0 Å². The molecule has 3 aromatic carbocycles. The number of halogens is 2. The van der Waals surface area contributed by atoms with E-state index in [9.17, 15) is 4.79 Å². The van der Waals surface area contributed by atoms with Crippen molar-refractivity contribution >= 4 is 51.3 Å². The molecule has 5 nitrogen and oxygen atoms in total. The number of anilines is 1. The number of rotatable bonds is 6. The van der Waals surface area contributed by atoms with Crippen LogP contribution in [0.25, 0.3) is 27.7 Å². The van der Waals surface area contributed by atoms with Gasteiger partial charge in [-0.15, -0.1) is 0 Å². The van der Waals surface area contributed by atoms with Crippen LogP contribution in [0.4, 0.5) is 5.69 Å². The van der Waals surface area contributed by atoms with Crippen LogP contribution in [0, 0.1) is 6.92 Å². The number of aryl methyl sites for hydroxylation is 1. The van der Waals surface area contributed by atoms with Crippen molar-refractivity contribution in [3.8, 4) is 22.6 Å². The molecule has 0 atom stereocenters. The third-order valence-electron chi connectivity index (χ3n) is 5.59. The topological polar surface area (TPSA) is 60.7 Å². The maximum Gasteiger partial charge on any atom is 0.248 e. The molecule has 0 unspecified atom stereocenters. The number of carbonyl (C=O) groups is 1. The molecule has 0 radical (unpaired) electrons. The van der Waals surface area contributed by atoms with Gasteiger partial charge in [-0.2, -0.15) is 0 Å². The molecule has 0 spiro atoms. The first-order valence-corrected chi connectivity index (χ1v) is 11.3. The number of amides is 1. The molecule has 4 aromatic rings. The van der Waals surface area contributed by atoms with Crippen molar-refractivity contribution in [3.05, 3.63) is 82.0 Å². The first-order valence-electron chi connectivity index (χ1n) is 10.5. The summed E-state index contributed by atoms with van der Waals surface area (Å²) in [5, 5.41) is 4.57. The lowest BCUT2D eigenvalue weighted by atomic mass is 9.96. The van der Waals surface area contributed by atoms with E-state index in [0.29, 0.717) is 21.5 Å². The quantitative estimate of drug-likeness (QED) is 0.277. The molecule has 0 bridgehead atoms. The zero-order valence-corrected chi connectivity index (χ0v) is 20.7. The van der Waals surface area contributed by atoms with E-state index in [1.54, 1.807) is 38.7 Å². The van der Waals surface area contributed by atoms with Crippen LogP contribution < -0.4 is 14.8 Å². The summed E-state index contributed by atoms with van der Waals surface area (Å²) in [4.78, 5) is 12.7. The summed E-state index contributed by atoms with van der Waals surface area (Å²) in [6.45, 7) is 3.79. The summed E-state index contributed by atoms with van der Waals surface area (Å²) in [6, 6.07) is 14.7.